The lowest BCUT2D eigenvalue weighted by Gasteiger charge is -2.52. The highest BCUT2D eigenvalue weighted by atomic mass is 32.2. The van der Waals surface area contributed by atoms with Crippen molar-refractivity contribution in [3.63, 3.8) is 0 Å². The molecule has 2 aromatic carbocycles. The van der Waals surface area contributed by atoms with Crippen LogP contribution in [-0.2, 0) is 5.41 Å². The van der Waals surface area contributed by atoms with Crippen molar-refractivity contribution in [3.05, 3.63) is 161 Å². The maximum atomic E-state index is 14.4. The van der Waals surface area contributed by atoms with Gasteiger partial charge in [-0.15, -0.1) is 17.5 Å². The Kier molecular flexibility index (Phi) is 11.2. The smallest absolute Gasteiger partial charge is 0.193 e. The molecule has 0 saturated heterocycles. The van der Waals surface area contributed by atoms with Gasteiger partial charge in [-0.3, -0.25) is 4.79 Å². The standard InChI is InChI=1S/C47H54N2OS/c1-8-9-10-17-31-46(2,3)35-20-11-12-21-38(33-35)48(6)37-22-18-19-34(32-37)45(50)39-29-27-36(28-30-44(39)51-7)49-42-25-15-13-23-40(42)47(4,5)41-24-14-16-26-43(41)49/h8-15,18-25,27-29,31-32,35,38,41,43H,16,26,30,33H2,1-7H3/b9-8-/t17?,35?,38?,41-,43?/m0/s1. The number of hydrogen-bond donors (Lipinski definition) is 0. The van der Waals surface area contributed by atoms with Crippen LogP contribution in [-0.4, -0.2) is 31.2 Å². The van der Waals surface area contributed by atoms with Crippen LogP contribution in [0.15, 0.2) is 149 Å². The zero-order valence-electron chi connectivity index (χ0n) is 31.5. The van der Waals surface area contributed by atoms with Gasteiger partial charge in [0.25, 0.3) is 0 Å². The molecule has 0 N–H and O–H groups in total. The molecule has 6 rings (SSSR count). The van der Waals surface area contributed by atoms with Crippen LogP contribution in [0.5, 0.6) is 0 Å². The summed E-state index contributed by atoms with van der Waals surface area (Å²) in [4.78, 5) is 20.4. The van der Waals surface area contributed by atoms with Crippen molar-refractivity contribution in [2.75, 3.05) is 23.1 Å². The summed E-state index contributed by atoms with van der Waals surface area (Å²) >= 11 is 1.69. The van der Waals surface area contributed by atoms with E-state index in [4.69, 9.17) is 0 Å². The Balaban J connectivity index is 1.25. The van der Waals surface area contributed by atoms with E-state index in [1.165, 1.54) is 16.9 Å². The highest BCUT2D eigenvalue weighted by molar-refractivity contribution is 8.02. The number of hydrogen-bond acceptors (Lipinski definition) is 4. The number of fused-ring (bicyclic) bond motifs is 2. The maximum absolute atomic E-state index is 14.4. The highest BCUT2D eigenvalue weighted by Gasteiger charge is 2.46. The Morgan fingerprint density at radius 3 is 2.67 bits per heavy atom. The number of nitrogens with zero attached hydrogens (tertiary/aromatic N) is 2. The average molecular weight is 695 g/mol. The second kappa shape index (κ2) is 15.6. The van der Waals surface area contributed by atoms with E-state index >= 15 is 0 Å². The second-order valence-corrected chi connectivity index (χ2v) is 16.3. The fourth-order valence-corrected chi connectivity index (χ4v) is 8.97. The van der Waals surface area contributed by atoms with E-state index in [1.807, 2.05) is 37.3 Å². The minimum Gasteiger partial charge on any atom is -0.368 e. The fourth-order valence-electron chi connectivity index (χ4n) is 8.34. The number of ketones is 1. The van der Waals surface area contributed by atoms with Crippen molar-refractivity contribution in [3.8, 4) is 0 Å². The quantitative estimate of drug-likeness (QED) is 0.113. The van der Waals surface area contributed by atoms with Crippen molar-refractivity contribution < 1.29 is 4.79 Å². The molecule has 1 aliphatic heterocycles. The van der Waals surface area contributed by atoms with Gasteiger partial charge in [-0.25, -0.2) is 0 Å². The average Bonchev–Trinajstić information content (AvgIpc) is 3.53. The summed E-state index contributed by atoms with van der Waals surface area (Å²) in [5.41, 5.74) is 9.78. The summed E-state index contributed by atoms with van der Waals surface area (Å²) < 4.78 is 0. The first-order valence-corrected chi connectivity index (χ1v) is 19.8. The van der Waals surface area contributed by atoms with Crippen molar-refractivity contribution in [1.29, 1.82) is 0 Å². The summed E-state index contributed by atoms with van der Waals surface area (Å²) in [6.07, 6.45) is 34.6. The molecule has 0 bridgehead atoms. The molecule has 3 nitrogen and oxygen atoms in total. The number of benzene rings is 2. The van der Waals surface area contributed by atoms with E-state index in [9.17, 15) is 4.79 Å². The number of rotatable bonds is 9. The minimum absolute atomic E-state index is 0.0479. The SMILES string of the molecule is C/C=C\C=C=CC(C)(C)C1C=CC=CC(N(C)c2cccc(C(=O)C3=C(SC)CC=C(N4c5ccccc5C(C)(C)[C@H]5C=CCCC54)C=C3)c2)C1. The molecule has 4 aliphatic rings. The molecule has 0 spiro atoms. The Labute approximate surface area is 311 Å². The molecule has 0 aromatic heterocycles. The molecule has 0 radical (unpaired) electrons. The van der Waals surface area contributed by atoms with Gasteiger partial charge in [0.05, 0.1) is 0 Å². The summed E-state index contributed by atoms with van der Waals surface area (Å²) in [5.74, 6) is 0.833. The lowest BCUT2D eigenvalue weighted by atomic mass is 9.64. The van der Waals surface area contributed by atoms with Gasteiger partial charge in [-0.05, 0) is 109 Å². The van der Waals surface area contributed by atoms with Crippen LogP contribution in [0.4, 0.5) is 11.4 Å². The number of para-hydroxylation sites is 1. The number of carbonyl (C=O) groups excluding carboxylic acids is 1. The molecular formula is C47H54N2OS. The van der Waals surface area contributed by atoms with Gasteiger partial charge in [-0.1, -0.05) is 113 Å². The first kappa shape index (κ1) is 36.5. The monoisotopic (exact) mass is 694 g/mol. The number of allylic oxidation sites excluding steroid dienone is 12. The third-order valence-corrected chi connectivity index (χ3v) is 12.4. The Morgan fingerprint density at radius 2 is 1.86 bits per heavy atom. The predicted molar refractivity (Wildman–Crippen MR) is 221 cm³/mol. The number of likely N-dealkylation sites (N-methyl/N-ethyl adjacent to an activating group) is 1. The molecule has 264 valence electrons. The van der Waals surface area contributed by atoms with Gasteiger partial charge in [0.15, 0.2) is 5.78 Å². The van der Waals surface area contributed by atoms with E-state index < -0.39 is 0 Å². The molecule has 0 fully saturated rings. The molecule has 0 saturated carbocycles. The zero-order chi connectivity index (χ0) is 36.2. The first-order valence-electron chi connectivity index (χ1n) is 18.5. The third kappa shape index (κ3) is 7.55. The van der Waals surface area contributed by atoms with Crippen LogP contribution in [0, 0.1) is 17.3 Å². The number of Topliss-reactive ketones (excluding diaryl/α,β-unsaturated/α-hetero) is 1. The summed E-state index contributed by atoms with van der Waals surface area (Å²) in [6, 6.07) is 17.7. The largest absolute Gasteiger partial charge is 0.368 e. The van der Waals surface area contributed by atoms with Gasteiger partial charge in [0.1, 0.15) is 0 Å². The summed E-state index contributed by atoms with van der Waals surface area (Å²) in [5, 5.41) is 0. The number of thioether (sulfide) groups is 1. The van der Waals surface area contributed by atoms with Crippen LogP contribution >= 0.6 is 11.8 Å². The van der Waals surface area contributed by atoms with Crippen LogP contribution in [0.25, 0.3) is 0 Å². The predicted octanol–water partition coefficient (Wildman–Crippen LogP) is 11.7. The van der Waals surface area contributed by atoms with Crippen LogP contribution in [0.1, 0.15) is 76.2 Å². The molecule has 51 heavy (non-hydrogen) atoms. The minimum atomic E-state index is -0.0575. The van der Waals surface area contributed by atoms with Crippen molar-refractivity contribution >= 4 is 28.9 Å². The van der Waals surface area contributed by atoms with E-state index in [-0.39, 0.29) is 22.7 Å². The van der Waals surface area contributed by atoms with Crippen LogP contribution in [0.2, 0.25) is 0 Å². The molecule has 4 heteroatoms. The van der Waals surface area contributed by atoms with E-state index in [1.54, 1.807) is 11.8 Å². The number of carbonyl (C=O) groups is 1. The maximum Gasteiger partial charge on any atom is 0.193 e. The Hall–Kier alpha value is -4.24. The lowest BCUT2D eigenvalue weighted by molar-refractivity contribution is 0.103. The molecule has 3 aliphatic carbocycles. The third-order valence-electron chi connectivity index (χ3n) is 11.5. The van der Waals surface area contributed by atoms with Gasteiger partial charge in [0.2, 0.25) is 0 Å². The van der Waals surface area contributed by atoms with Gasteiger partial charge in [0, 0.05) is 53.3 Å². The first-order chi connectivity index (χ1) is 24.6. The Morgan fingerprint density at radius 1 is 1.06 bits per heavy atom. The second-order valence-electron chi connectivity index (χ2n) is 15.4. The zero-order valence-corrected chi connectivity index (χ0v) is 32.3. The van der Waals surface area contributed by atoms with Crippen LogP contribution < -0.4 is 9.80 Å². The van der Waals surface area contributed by atoms with Crippen LogP contribution in [0.3, 0.4) is 0 Å². The summed E-state index contributed by atoms with van der Waals surface area (Å²) in [6.45, 7) is 11.4. The van der Waals surface area contributed by atoms with Crippen molar-refractivity contribution in [1.82, 2.24) is 0 Å². The van der Waals surface area contributed by atoms with Gasteiger partial charge >= 0.3 is 0 Å². The molecule has 0 amide bonds. The topological polar surface area (TPSA) is 23.6 Å². The Bertz CT molecular complexity index is 1910. The highest BCUT2D eigenvalue weighted by Crippen LogP contribution is 2.51. The normalized spacial score (nSPS) is 23.9. The molecular weight excluding hydrogens is 641 g/mol. The van der Waals surface area contributed by atoms with E-state index in [2.05, 4.69) is 154 Å². The van der Waals surface area contributed by atoms with Gasteiger partial charge < -0.3 is 9.80 Å². The summed E-state index contributed by atoms with van der Waals surface area (Å²) in [7, 11) is 2.15. The molecule has 2 aromatic rings. The van der Waals surface area contributed by atoms with Crippen molar-refractivity contribution in [2.24, 2.45) is 17.3 Å². The molecule has 3 unspecified atom stereocenters. The van der Waals surface area contributed by atoms with E-state index in [0.717, 1.165) is 47.4 Å². The fraction of sp³-hybridized carbons (Fsp3) is 0.362. The molecule has 4 atom stereocenters. The number of anilines is 2. The molecule has 1 heterocycles. The van der Waals surface area contributed by atoms with Gasteiger partial charge in [-0.2, -0.15) is 0 Å². The van der Waals surface area contributed by atoms with Crippen molar-refractivity contribution in [2.45, 2.75) is 77.8 Å². The van der Waals surface area contributed by atoms with E-state index in [0.29, 0.717) is 17.9 Å². The lowest BCUT2D eigenvalue weighted by Crippen LogP contribution is -2.52.